The van der Waals surface area contributed by atoms with E-state index in [2.05, 4.69) is 36.4 Å². The third kappa shape index (κ3) is 2.85. The van der Waals surface area contributed by atoms with Crippen LogP contribution in [0.15, 0.2) is 18.2 Å². The minimum Gasteiger partial charge on any atom is -0.493 e. The van der Waals surface area contributed by atoms with Crippen LogP contribution in [0, 0.1) is 0 Å². The van der Waals surface area contributed by atoms with Gasteiger partial charge in [-0.3, -0.25) is 0 Å². The zero-order valence-corrected chi connectivity index (χ0v) is 12.3. The quantitative estimate of drug-likeness (QED) is 0.874. The molecule has 2 rings (SSSR count). The Morgan fingerprint density at radius 1 is 1.21 bits per heavy atom. The SMILES string of the molecule is COc1ccc(CC2(N(C)C)CCNC2)cc1OC. The Balaban J connectivity index is 2.22. The summed E-state index contributed by atoms with van der Waals surface area (Å²) in [5.41, 5.74) is 1.50. The largest absolute Gasteiger partial charge is 0.493 e. The molecule has 1 atom stereocenters. The van der Waals surface area contributed by atoms with E-state index >= 15 is 0 Å². The van der Waals surface area contributed by atoms with Crippen molar-refractivity contribution in [3.05, 3.63) is 23.8 Å². The van der Waals surface area contributed by atoms with Crippen molar-refractivity contribution in [1.82, 2.24) is 10.2 Å². The van der Waals surface area contributed by atoms with E-state index in [4.69, 9.17) is 9.47 Å². The Hall–Kier alpha value is -1.26. The monoisotopic (exact) mass is 264 g/mol. The minimum absolute atomic E-state index is 0.208. The maximum absolute atomic E-state index is 5.38. The molecule has 1 aliphatic heterocycles. The molecule has 0 spiro atoms. The summed E-state index contributed by atoms with van der Waals surface area (Å²) in [5, 5.41) is 3.47. The van der Waals surface area contributed by atoms with E-state index in [1.165, 1.54) is 12.0 Å². The standard InChI is InChI=1S/C15H24N2O2/c1-17(2)15(7-8-16-11-15)10-12-5-6-13(18-3)14(9-12)19-4/h5-6,9,16H,7-8,10-11H2,1-4H3. The fraction of sp³-hybridized carbons (Fsp3) is 0.600. The highest BCUT2D eigenvalue weighted by molar-refractivity contribution is 5.43. The van der Waals surface area contributed by atoms with Crippen LogP contribution in [0.2, 0.25) is 0 Å². The lowest BCUT2D eigenvalue weighted by Gasteiger charge is -2.36. The molecule has 1 N–H and O–H groups in total. The molecule has 19 heavy (non-hydrogen) atoms. The fourth-order valence-electron chi connectivity index (χ4n) is 2.79. The van der Waals surface area contributed by atoms with Gasteiger partial charge in [-0.05, 0) is 51.2 Å². The molecule has 1 aliphatic rings. The highest BCUT2D eigenvalue weighted by Crippen LogP contribution is 2.31. The van der Waals surface area contributed by atoms with Crippen molar-refractivity contribution in [2.45, 2.75) is 18.4 Å². The van der Waals surface area contributed by atoms with Crippen LogP contribution in [-0.4, -0.2) is 51.8 Å². The average molecular weight is 264 g/mol. The summed E-state index contributed by atoms with van der Waals surface area (Å²) in [6.07, 6.45) is 2.20. The number of nitrogens with zero attached hydrogens (tertiary/aromatic N) is 1. The summed E-state index contributed by atoms with van der Waals surface area (Å²) in [5.74, 6) is 1.59. The van der Waals surface area contributed by atoms with Gasteiger partial charge >= 0.3 is 0 Å². The molecule has 0 saturated carbocycles. The summed E-state index contributed by atoms with van der Waals surface area (Å²) >= 11 is 0. The van der Waals surface area contributed by atoms with Crippen LogP contribution >= 0.6 is 0 Å². The number of rotatable bonds is 5. The second-order valence-electron chi connectivity index (χ2n) is 5.41. The number of hydrogen-bond donors (Lipinski definition) is 1. The predicted molar refractivity (Wildman–Crippen MR) is 77.2 cm³/mol. The van der Waals surface area contributed by atoms with Gasteiger partial charge in [-0.25, -0.2) is 0 Å². The van der Waals surface area contributed by atoms with Crippen molar-refractivity contribution in [2.75, 3.05) is 41.4 Å². The summed E-state index contributed by atoms with van der Waals surface area (Å²) in [6, 6.07) is 6.20. The van der Waals surface area contributed by atoms with Gasteiger partial charge in [-0.1, -0.05) is 6.07 Å². The number of nitrogens with one attached hydrogen (secondary N) is 1. The van der Waals surface area contributed by atoms with Gasteiger partial charge in [0, 0.05) is 12.1 Å². The lowest BCUT2D eigenvalue weighted by molar-refractivity contribution is 0.172. The molecular formula is C15H24N2O2. The molecule has 1 unspecified atom stereocenters. The van der Waals surface area contributed by atoms with Crippen LogP contribution in [0.4, 0.5) is 0 Å². The summed E-state index contributed by atoms with van der Waals surface area (Å²) in [6.45, 7) is 2.12. The van der Waals surface area contributed by atoms with Crippen LogP contribution in [-0.2, 0) is 6.42 Å². The van der Waals surface area contributed by atoms with Gasteiger partial charge in [0.1, 0.15) is 0 Å². The smallest absolute Gasteiger partial charge is 0.160 e. The lowest BCUT2D eigenvalue weighted by Crippen LogP contribution is -2.47. The number of benzene rings is 1. The first-order valence-corrected chi connectivity index (χ1v) is 6.70. The molecule has 0 amide bonds. The van der Waals surface area contributed by atoms with Crippen molar-refractivity contribution >= 4 is 0 Å². The first-order valence-electron chi connectivity index (χ1n) is 6.70. The molecule has 1 fully saturated rings. The highest BCUT2D eigenvalue weighted by Gasteiger charge is 2.36. The number of hydrogen-bond acceptors (Lipinski definition) is 4. The molecule has 106 valence electrons. The number of ether oxygens (including phenoxy) is 2. The summed E-state index contributed by atoms with van der Waals surface area (Å²) in [4.78, 5) is 2.34. The van der Waals surface area contributed by atoms with Crippen molar-refractivity contribution < 1.29 is 9.47 Å². The van der Waals surface area contributed by atoms with Crippen LogP contribution < -0.4 is 14.8 Å². The number of methoxy groups -OCH3 is 2. The Kier molecular flexibility index (Phi) is 4.32. The molecule has 0 aromatic heterocycles. The zero-order chi connectivity index (χ0) is 13.9. The van der Waals surface area contributed by atoms with Crippen LogP contribution in [0.1, 0.15) is 12.0 Å². The van der Waals surface area contributed by atoms with Gasteiger partial charge in [0.15, 0.2) is 11.5 Å². The molecule has 0 radical (unpaired) electrons. The Morgan fingerprint density at radius 2 is 1.95 bits per heavy atom. The van der Waals surface area contributed by atoms with Crippen molar-refractivity contribution in [1.29, 1.82) is 0 Å². The second kappa shape index (κ2) is 5.80. The third-order valence-corrected chi connectivity index (χ3v) is 4.15. The van der Waals surface area contributed by atoms with Gasteiger partial charge in [0.2, 0.25) is 0 Å². The maximum Gasteiger partial charge on any atom is 0.160 e. The van der Waals surface area contributed by atoms with E-state index < -0.39 is 0 Å². The van der Waals surface area contributed by atoms with Crippen molar-refractivity contribution in [3.63, 3.8) is 0 Å². The van der Waals surface area contributed by atoms with E-state index in [1.54, 1.807) is 14.2 Å². The van der Waals surface area contributed by atoms with Crippen LogP contribution in [0.25, 0.3) is 0 Å². The zero-order valence-electron chi connectivity index (χ0n) is 12.3. The highest BCUT2D eigenvalue weighted by atomic mass is 16.5. The van der Waals surface area contributed by atoms with Crippen molar-refractivity contribution in [2.24, 2.45) is 0 Å². The van der Waals surface area contributed by atoms with E-state index in [0.717, 1.165) is 31.0 Å². The molecule has 0 bridgehead atoms. The third-order valence-electron chi connectivity index (χ3n) is 4.15. The minimum atomic E-state index is 0.208. The second-order valence-corrected chi connectivity index (χ2v) is 5.41. The van der Waals surface area contributed by atoms with Gasteiger partial charge in [0.05, 0.1) is 14.2 Å². The van der Waals surface area contributed by atoms with E-state index in [1.807, 2.05) is 6.07 Å². The fourth-order valence-corrected chi connectivity index (χ4v) is 2.79. The Bertz CT molecular complexity index is 426. The first kappa shape index (κ1) is 14.2. The normalized spacial score (nSPS) is 22.8. The molecule has 1 heterocycles. The van der Waals surface area contributed by atoms with Gasteiger partial charge in [-0.2, -0.15) is 0 Å². The van der Waals surface area contributed by atoms with Gasteiger partial charge in [0.25, 0.3) is 0 Å². The molecular weight excluding hydrogens is 240 g/mol. The maximum atomic E-state index is 5.38. The molecule has 4 nitrogen and oxygen atoms in total. The molecule has 4 heteroatoms. The topological polar surface area (TPSA) is 33.7 Å². The Morgan fingerprint density at radius 3 is 2.47 bits per heavy atom. The van der Waals surface area contributed by atoms with E-state index in [0.29, 0.717) is 0 Å². The molecule has 1 aromatic carbocycles. The summed E-state index contributed by atoms with van der Waals surface area (Å²) < 4.78 is 10.7. The first-order chi connectivity index (χ1) is 9.11. The van der Waals surface area contributed by atoms with Crippen molar-refractivity contribution in [3.8, 4) is 11.5 Å². The molecule has 1 saturated heterocycles. The predicted octanol–water partition coefficient (Wildman–Crippen LogP) is 1.54. The number of likely N-dealkylation sites (N-methyl/N-ethyl adjacent to an activating group) is 1. The van der Waals surface area contributed by atoms with E-state index in [9.17, 15) is 0 Å². The van der Waals surface area contributed by atoms with Crippen LogP contribution in [0.3, 0.4) is 0 Å². The molecule has 0 aliphatic carbocycles. The summed E-state index contributed by atoms with van der Waals surface area (Å²) in [7, 11) is 7.67. The molecule has 1 aromatic rings. The lowest BCUT2D eigenvalue weighted by atomic mass is 9.88. The Labute approximate surface area is 115 Å². The van der Waals surface area contributed by atoms with Crippen LogP contribution in [0.5, 0.6) is 11.5 Å². The van der Waals surface area contributed by atoms with Gasteiger partial charge in [-0.15, -0.1) is 0 Å². The average Bonchev–Trinajstić information content (AvgIpc) is 2.88. The van der Waals surface area contributed by atoms with Gasteiger partial charge < -0.3 is 19.7 Å². The van der Waals surface area contributed by atoms with E-state index in [-0.39, 0.29) is 5.54 Å².